The molecule has 2 aliphatic rings. The maximum absolute atomic E-state index is 12.8. The molecule has 2 saturated heterocycles. The normalized spacial score (nSPS) is 17.9. The molecule has 4 rings (SSSR count). The number of hydrogen-bond acceptors (Lipinski definition) is 4. The number of nitrogens with zero attached hydrogens (tertiary/aromatic N) is 3. The number of piperazine rings is 1. The second kappa shape index (κ2) is 9.20. The van der Waals surface area contributed by atoms with Crippen LogP contribution in [0.5, 0.6) is 0 Å². The number of hydrogen-bond donors (Lipinski definition) is 0. The summed E-state index contributed by atoms with van der Waals surface area (Å²) in [6.07, 6.45) is 0. The minimum atomic E-state index is 0.0323. The SMILES string of the molecule is O=C(CN1CCOCC1)N1CCN(C(=O)c2ccc(-c3ccccc3)cc2)CC1. The summed E-state index contributed by atoms with van der Waals surface area (Å²) in [4.78, 5) is 31.2. The lowest BCUT2D eigenvalue weighted by Crippen LogP contribution is -2.53. The highest BCUT2D eigenvalue weighted by Crippen LogP contribution is 2.20. The van der Waals surface area contributed by atoms with Crippen molar-refractivity contribution in [1.82, 2.24) is 14.7 Å². The zero-order valence-electron chi connectivity index (χ0n) is 16.6. The third-order valence-electron chi connectivity index (χ3n) is 5.62. The van der Waals surface area contributed by atoms with Crippen LogP contribution in [-0.2, 0) is 9.53 Å². The molecule has 2 aliphatic heterocycles. The fourth-order valence-corrected chi connectivity index (χ4v) is 3.83. The lowest BCUT2D eigenvalue weighted by molar-refractivity contribution is -0.134. The Labute approximate surface area is 171 Å². The maximum atomic E-state index is 12.8. The number of ether oxygens (including phenoxy) is 1. The second-order valence-corrected chi connectivity index (χ2v) is 7.50. The Balaban J connectivity index is 1.30. The molecular weight excluding hydrogens is 366 g/mol. The van der Waals surface area contributed by atoms with Gasteiger partial charge >= 0.3 is 0 Å². The molecule has 2 aromatic carbocycles. The van der Waals surface area contributed by atoms with Crippen molar-refractivity contribution in [3.63, 3.8) is 0 Å². The van der Waals surface area contributed by atoms with E-state index in [2.05, 4.69) is 17.0 Å². The van der Waals surface area contributed by atoms with Crippen molar-refractivity contribution < 1.29 is 14.3 Å². The minimum absolute atomic E-state index is 0.0323. The van der Waals surface area contributed by atoms with Crippen LogP contribution in [0.1, 0.15) is 10.4 Å². The molecule has 0 radical (unpaired) electrons. The van der Waals surface area contributed by atoms with Crippen LogP contribution in [-0.4, -0.2) is 85.5 Å². The van der Waals surface area contributed by atoms with Gasteiger partial charge in [0.25, 0.3) is 5.91 Å². The minimum Gasteiger partial charge on any atom is -0.379 e. The standard InChI is InChI=1S/C23H27N3O3/c27-22(18-24-14-16-29-17-15-24)25-10-12-26(13-11-25)23(28)21-8-6-20(7-9-21)19-4-2-1-3-5-19/h1-9H,10-18H2. The number of morpholine rings is 1. The van der Waals surface area contributed by atoms with E-state index in [0.717, 1.165) is 24.2 Å². The third-order valence-corrected chi connectivity index (χ3v) is 5.62. The average molecular weight is 393 g/mol. The smallest absolute Gasteiger partial charge is 0.253 e. The first-order valence-corrected chi connectivity index (χ1v) is 10.2. The molecule has 2 aromatic rings. The van der Waals surface area contributed by atoms with Crippen LogP contribution in [0, 0.1) is 0 Å². The molecular formula is C23H27N3O3. The summed E-state index contributed by atoms with van der Waals surface area (Å²) in [5, 5.41) is 0. The van der Waals surface area contributed by atoms with E-state index in [4.69, 9.17) is 4.74 Å². The molecule has 152 valence electrons. The highest BCUT2D eigenvalue weighted by atomic mass is 16.5. The summed E-state index contributed by atoms with van der Waals surface area (Å²) in [7, 11) is 0. The monoisotopic (exact) mass is 393 g/mol. The molecule has 0 aliphatic carbocycles. The van der Waals surface area contributed by atoms with Crippen LogP contribution >= 0.6 is 0 Å². The van der Waals surface area contributed by atoms with E-state index in [-0.39, 0.29) is 11.8 Å². The third kappa shape index (κ3) is 4.83. The summed E-state index contributed by atoms with van der Waals surface area (Å²) in [5.74, 6) is 0.177. The number of carbonyl (C=O) groups is 2. The summed E-state index contributed by atoms with van der Waals surface area (Å²) in [5.41, 5.74) is 2.93. The summed E-state index contributed by atoms with van der Waals surface area (Å²) in [6.45, 7) is 5.79. The van der Waals surface area contributed by atoms with Crippen LogP contribution < -0.4 is 0 Å². The van der Waals surface area contributed by atoms with Gasteiger partial charge < -0.3 is 14.5 Å². The van der Waals surface area contributed by atoms with Gasteiger partial charge in [0.15, 0.2) is 0 Å². The highest BCUT2D eigenvalue weighted by Gasteiger charge is 2.26. The Morgan fingerprint density at radius 2 is 1.31 bits per heavy atom. The Morgan fingerprint density at radius 1 is 0.724 bits per heavy atom. The van der Waals surface area contributed by atoms with Crippen LogP contribution in [0.4, 0.5) is 0 Å². The summed E-state index contributed by atoms with van der Waals surface area (Å²) < 4.78 is 5.33. The molecule has 0 spiro atoms. The van der Waals surface area contributed by atoms with Gasteiger partial charge in [0, 0.05) is 44.8 Å². The number of benzene rings is 2. The van der Waals surface area contributed by atoms with E-state index >= 15 is 0 Å². The molecule has 0 atom stereocenters. The Morgan fingerprint density at radius 3 is 1.97 bits per heavy atom. The molecule has 0 N–H and O–H groups in total. The predicted octanol–water partition coefficient (Wildman–Crippen LogP) is 1.97. The van der Waals surface area contributed by atoms with E-state index in [9.17, 15) is 9.59 Å². The molecule has 2 amide bonds. The van der Waals surface area contributed by atoms with Crippen molar-refractivity contribution >= 4 is 11.8 Å². The van der Waals surface area contributed by atoms with Crippen LogP contribution in [0.25, 0.3) is 11.1 Å². The van der Waals surface area contributed by atoms with E-state index in [0.29, 0.717) is 51.5 Å². The van der Waals surface area contributed by atoms with Gasteiger partial charge in [-0.3, -0.25) is 14.5 Å². The van der Waals surface area contributed by atoms with Gasteiger partial charge in [0.2, 0.25) is 5.91 Å². The fourth-order valence-electron chi connectivity index (χ4n) is 3.83. The molecule has 0 bridgehead atoms. The molecule has 6 nitrogen and oxygen atoms in total. The van der Waals surface area contributed by atoms with Gasteiger partial charge in [-0.05, 0) is 23.3 Å². The zero-order chi connectivity index (χ0) is 20.1. The van der Waals surface area contributed by atoms with E-state index in [1.807, 2.05) is 52.3 Å². The first-order valence-electron chi connectivity index (χ1n) is 10.2. The van der Waals surface area contributed by atoms with Crippen molar-refractivity contribution in [3.8, 4) is 11.1 Å². The summed E-state index contributed by atoms with van der Waals surface area (Å²) >= 11 is 0. The predicted molar refractivity (Wildman–Crippen MR) is 112 cm³/mol. The number of carbonyl (C=O) groups excluding carboxylic acids is 2. The Hall–Kier alpha value is -2.70. The average Bonchev–Trinajstić information content (AvgIpc) is 2.80. The molecule has 0 unspecified atom stereocenters. The van der Waals surface area contributed by atoms with Gasteiger partial charge in [-0.1, -0.05) is 42.5 Å². The van der Waals surface area contributed by atoms with E-state index in [1.54, 1.807) is 0 Å². The lowest BCUT2D eigenvalue weighted by atomic mass is 10.0. The van der Waals surface area contributed by atoms with Gasteiger partial charge in [0.1, 0.15) is 0 Å². The van der Waals surface area contributed by atoms with Crippen LogP contribution in [0.15, 0.2) is 54.6 Å². The quantitative estimate of drug-likeness (QED) is 0.797. The van der Waals surface area contributed by atoms with Crippen molar-refractivity contribution in [2.24, 2.45) is 0 Å². The maximum Gasteiger partial charge on any atom is 0.253 e. The molecule has 29 heavy (non-hydrogen) atoms. The zero-order valence-corrected chi connectivity index (χ0v) is 16.6. The number of amides is 2. The molecule has 2 fully saturated rings. The Bertz CT molecular complexity index is 824. The van der Waals surface area contributed by atoms with Crippen molar-refractivity contribution in [2.45, 2.75) is 0 Å². The van der Waals surface area contributed by atoms with Crippen molar-refractivity contribution in [1.29, 1.82) is 0 Å². The second-order valence-electron chi connectivity index (χ2n) is 7.50. The van der Waals surface area contributed by atoms with Crippen LogP contribution in [0.2, 0.25) is 0 Å². The van der Waals surface area contributed by atoms with Gasteiger partial charge in [-0.2, -0.15) is 0 Å². The van der Waals surface area contributed by atoms with Gasteiger partial charge in [-0.15, -0.1) is 0 Å². The molecule has 0 saturated carbocycles. The molecule has 2 heterocycles. The summed E-state index contributed by atoms with van der Waals surface area (Å²) in [6, 6.07) is 17.9. The van der Waals surface area contributed by atoms with E-state index < -0.39 is 0 Å². The molecule has 0 aromatic heterocycles. The lowest BCUT2D eigenvalue weighted by Gasteiger charge is -2.36. The first kappa shape index (κ1) is 19.6. The molecule has 6 heteroatoms. The van der Waals surface area contributed by atoms with Crippen LogP contribution in [0.3, 0.4) is 0 Å². The Kier molecular flexibility index (Phi) is 6.22. The fraction of sp³-hybridized carbons (Fsp3) is 0.391. The largest absolute Gasteiger partial charge is 0.379 e. The van der Waals surface area contributed by atoms with Crippen molar-refractivity contribution in [2.75, 3.05) is 59.0 Å². The van der Waals surface area contributed by atoms with E-state index in [1.165, 1.54) is 0 Å². The van der Waals surface area contributed by atoms with Gasteiger partial charge in [0.05, 0.1) is 19.8 Å². The first-order chi connectivity index (χ1) is 14.2. The number of rotatable bonds is 4. The topological polar surface area (TPSA) is 53.1 Å². The van der Waals surface area contributed by atoms with Crippen molar-refractivity contribution in [3.05, 3.63) is 60.2 Å². The highest BCUT2D eigenvalue weighted by molar-refractivity contribution is 5.95. The van der Waals surface area contributed by atoms with Gasteiger partial charge in [-0.25, -0.2) is 0 Å².